The summed E-state index contributed by atoms with van der Waals surface area (Å²) in [6.07, 6.45) is 7.48. The lowest BCUT2D eigenvalue weighted by Crippen LogP contribution is -2.50. The average Bonchev–Trinajstić information content (AvgIpc) is 3.45. The van der Waals surface area contributed by atoms with Crippen LogP contribution >= 0.6 is 0 Å². The molecule has 4 rings (SSSR count). The maximum absolute atomic E-state index is 13.0. The molecule has 0 spiro atoms. The molecule has 0 radical (unpaired) electrons. The van der Waals surface area contributed by atoms with Crippen LogP contribution in [0, 0.1) is 6.92 Å². The predicted octanol–water partition coefficient (Wildman–Crippen LogP) is 2.60. The number of nitrogens with zero attached hydrogens (tertiary/aromatic N) is 3. The molecule has 5 nitrogen and oxygen atoms in total. The third-order valence-electron chi connectivity index (χ3n) is 5.35. The molecule has 1 N–H and O–H groups in total. The van der Waals surface area contributed by atoms with Crippen molar-refractivity contribution < 1.29 is 4.79 Å². The molecule has 1 unspecified atom stereocenters. The van der Waals surface area contributed by atoms with Crippen LogP contribution < -0.4 is 10.2 Å². The molecule has 1 amide bonds. The molecular formula is C20H24N4O. The van der Waals surface area contributed by atoms with Crippen LogP contribution in [0.25, 0.3) is 0 Å². The van der Waals surface area contributed by atoms with E-state index in [-0.39, 0.29) is 17.4 Å². The number of nitrogens with one attached hydrogen (secondary N) is 1. The van der Waals surface area contributed by atoms with E-state index in [4.69, 9.17) is 0 Å². The second-order valence-corrected chi connectivity index (χ2v) is 7.26. The first-order chi connectivity index (χ1) is 12.2. The molecule has 25 heavy (non-hydrogen) atoms. The van der Waals surface area contributed by atoms with Gasteiger partial charge in [-0.05, 0) is 44.2 Å². The highest BCUT2D eigenvalue weighted by Crippen LogP contribution is 2.48. The molecule has 1 aromatic carbocycles. The first kappa shape index (κ1) is 16.1. The van der Waals surface area contributed by atoms with E-state index in [1.54, 1.807) is 12.4 Å². The summed E-state index contributed by atoms with van der Waals surface area (Å²) < 4.78 is 0. The molecule has 2 aromatic rings. The van der Waals surface area contributed by atoms with E-state index < -0.39 is 0 Å². The van der Waals surface area contributed by atoms with Crippen molar-refractivity contribution in [3.63, 3.8) is 0 Å². The number of amides is 1. The lowest BCUT2D eigenvalue weighted by molar-refractivity contribution is -0.124. The van der Waals surface area contributed by atoms with Crippen molar-refractivity contribution in [3.05, 3.63) is 53.9 Å². The van der Waals surface area contributed by atoms with E-state index in [1.165, 1.54) is 5.56 Å². The van der Waals surface area contributed by atoms with Gasteiger partial charge < -0.3 is 10.2 Å². The van der Waals surface area contributed by atoms with Gasteiger partial charge in [-0.2, -0.15) is 0 Å². The first-order valence-corrected chi connectivity index (χ1v) is 9.07. The Kier molecular flexibility index (Phi) is 4.15. The lowest BCUT2D eigenvalue weighted by Gasteiger charge is -2.34. The van der Waals surface area contributed by atoms with Crippen LogP contribution in [-0.4, -0.2) is 35.0 Å². The third kappa shape index (κ3) is 3.23. The molecule has 2 heterocycles. The first-order valence-electron chi connectivity index (χ1n) is 9.07. The van der Waals surface area contributed by atoms with Crippen molar-refractivity contribution in [2.24, 2.45) is 0 Å². The molecule has 0 bridgehead atoms. The van der Waals surface area contributed by atoms with Crippen LogP contribution in [0.2, 0.25) is 0 Å². The largest absolute Gasteiger partial charge is 0.351 e. The number of anilines is 1. The molecule has 130 valence electrons. The van der Waals surface area contributed by atoms with Crippen molar-refractivity contribution in [1.29, 1.82) is 0 Å². The molecule has 2 fully saturated rings. The van der Waals surface area contributed by atoms with Gasteiger partial charge >= 0.3 is 0 Å². The minimum atomic E-state index is -0.308. The number of hydrogen-bond acceptors (Lipinski definition) is 4. The molecule has 1 saturated heterocycles. The number of benzene rings is 1. The minimum Gasteiger partial charge on any atom is -0.351 e. The molecular weight excluding hydrogens is 312 g/mol. The summed E-state index contributed by atoms with van der Waals surface area (Å²) in [5.74, 6) is 0.931. The highest BCUT2D eigenvalue weighted by atomic mass is 16.2. The fraction of sp³-hybridized carbons (Fsp3) is 0.450. The van der Waals surface area contributed by atoms with Crippen LogP contribution in [0.4, 0.5) is 5.95 Å². The molecule has 1 aromatic heterocycles. The number of aromatic nitrogens is 2. The topological polar surface area (TPSA) is 58.1 Å². The fourth-order valence-electron chi connectivity index (χ4n) is 3.77. The lowest BCUT2D eigenvalue weighted by atomic mass is 9.93. The summed E-state index contributed by atoms with van der Waals surface area (Å²) in [4.78, 5) is 23.8. The Labute approximate surface area is 148 Å². The van der Waals surface area contributed by atoms with E-state index in [0.717, 1.165) is 50.3 Å². The molecule has 1 saturated carbocycles. The van der Waals surface area contributed by atoms with Gasteiger partial charge in [0.2, 0.25) is 11.9 Å². The smallest absolute Gasteiger partial charge is 0.230 e. The number of piperidine rings is 1. The van der Waals surface area contributed by atoms with Crippen molar-refractivity contribution in [2.45, 2.75) is 44.1 Å². The van der Waals surface area contributed by atoms with Gasteiger partial charge in [0.05, 0.1) is 5.41 Å². The van der Waals surface area contributed by atoms with Gasteiger partial charge in [0.15, 0.2) is 0 Å². The second-order valence-electron chi connectivity index (χ2n) is 7.26. The van der Waals surface area contributed by atoms with Gasteiger partial charge in [-0.25, -0.2) is 9.97 Å². The third-order valence-corrected chi connectivity index (χ3v) is 5.35. The van der Waals surface area contributed by atoms with E-state index in [9.17, 15) is 4.79 Å². The Balaban J connectivity index is 1.44. The Morgan fingerprint density at radius 3 is 2.76 bits per heavy atom. The predicted molar refractivity (Wildman–Crippen MR) is 97.5 cm³/mol. The van der Waals surface area contributed by atoms with Crippen molar-refractivity contribution in [3.8, 4) is 0 Å². The summed E-state index contributed by atoms with van der Waals surface area (Å²) in [5.41, 5.74) is 2.06. The van der Waals surface area contributed by atoms with Gasteiger partial charge in [0.25, 0.3) is 0 Å². The number of carbonyl (C=O) groups excluding carboxylic acids is 1. The number of hydrogen-bond donors (Lipinski definition) is 1. The maximum atomic E-state index is 13.0. The highest BCUT2D eigenvalue weighted by molar-refractivity contribution is 5.91. The number of carbonyl (C=O) groups is 1. The summed E-state index contributed by atoms with van der Waals surface area (Å²) in [7, 11) is 0. The Hall–Kier alpha value is -2.43. The zero-order chi connectivity index (χ0) is 17.3. The molecule has 1 aliphatic carbocycles. The second kappa shape index (κ2) is 6.47. The van der Waals surface area contributed by atoms with Gasteiger partial charge in [-0.15, -0.1) is 0 Å². The Bertz CT molecular complexity index is 757. The van der Waals surface area contributed by atoms with E-state index in [2.05, 4.69) is 45.3 Å². The minimum absolute atomic E-state index is 0.160. The van der Waals surface area contributed by atoms with E-state index >= 15 is 0 Å². The zero-order valence-corrected chi connectivity index (χ0v) is 14.6. The quantitative estimate of drug-likeness (QED) is 0.932. The summed E-state index contributed by atoms with van der Waals surface area (Å²) in [6.45, 7) is 3.80. The van der Waals surface area contributed by atoms with Crippen LogP contribution in [0.5, 0.6) is 0 Å². The monoisotopic (exact) mass is 336 g/mol. The summed E-state index contributed by atoms with van der Waals surface area (Å²) >= 11 is 0. The van der Waals surface area contributed by atoms with Crippen molar-refractivity contribution in [2.75, 3.05) is 18.0 Å². The molecule has 5 heteroatoms. The fourth-order valence-corrected chi connectivity index (χ4v) is 3.77. The Morgan fingerprint density at radius 2 is 2.04 bits per heavy atom. The Morgan fingerprint density at radius 1 is 1.24 bits per heavy atom. The maximum Gasteiger partial charge on any atom is 0.230 e. The van der Waals surface area contributed by atoms with Crippen LogP contribution in [-0.2, 0) is 10.2 Å². The number of rotatable bonds is 4. The van der Waals surface area contributed by atoms with Gasteiger partial charge in [-0.3, -0.25) is 4.79 Å². The van der Waals surface area contributed by atoms with Gasteiger partial charge in [0.1, 0.15) is 0 Å². The average molecular weight is 336 g/mol. The summed E-state index contributed by atoms with van der Waals surface area (Å²) in [5, 5.41) is 3.30. The van der Waals surface area contributed by atoms with Crippen molar-refractivity contribution in [1.82, 2.24) is 15.3 Å². The van der Waals surface area contributed by atoms with E-state index in [0.29, 0.717) is 0 Å². The SMILES string of the molecule is Cc1cccc(C2(C(=O)NC3CCCN(c4ncccn4)C3)CC2)c1. The van der Waals surface area contributed by atoms with Crippen LogP contribution in [0.3, 0.4) is 0 Å². The zero-order valence-electron chi connectivity index (χ0n) is 14.6. The van der Waals surface area contributed by atoms with E-state index in [1.807, 2.05) is 12.1 Å². The molecule has 1 atom stereocenters. The molecule has 2 aliphatic rings. The normalized spacial score (nSPS) is 21.6. The molecule has 1 aliphatic heterocycles. The standard InChI is InChI=1S/C20H24N4O/c1-15-5-2-6-16(13-15)20(8-9-20)18(25)23-17-7-3-12-24(14-17)19-21-10-4-11-22-19/h2,4-6,10-11,13,17H,3,7-9,12,14H2,1H3,(H,23,25). The van der Waals surface area contributed by atoms with Gasteiger partial charge in [0, 0.05) is 31.5 Å². The highest BCUT2D eigenvalue weighted by Gasteiger charge is 2.51. The van der Waals surface area contributed by atoms with Crippen LogP contribution in [0.15, 0.2) is 42.7 Å². The van der Waals surface area contributed by atoms with Crippen molar-refractivity contribution >= 4 is 11.9 Å². The van der Waals surface area contributed by atoms with Gasteiger partial charge in [-0.1, -0.05) is 29.8 Å². The number of aryl methyl sites for hydroxylation is 1. The summed E-state index contributed by atoms with van der Waals surface area (Å²) in [6, 6.07) is 10.4. The van der Waals surface area contributed by atoms with Crippen LogP contribution in [0.1, 0.15) is 36.8 Å².